The molecule has 1 aromatic carbocycles. The third-order valence-electron chi connectivity index (χ3n) is 3.32. The van der Waals surface area contributed by atoms with E-state index in [-0.39, 0.29) is 0 Å². The smallest absolute Gasteiger partial charge is 0.243 e. The summed E-state index contributed by atoms with van der Waals surface area (Å²) >= 11 is 0. The molecule has 0 saturated heterocycles. The number of hydrazone groups is 1. The van der Waals surface area contributed by atoms with Gasteiger partial charge in [-0.25, -0.2) is 15.4 Å². The minimum absolute atomic E-state index is 0.494. The number of nitrogens with zero attached hydrogens (tertiary/aromatic N) is 3. The highest BCUT2D eigenvalue weighted by Gasteiger charge is 2.08. The first kappa shape index (κ1) is 16.7. The summed E-state index contributed by atoms with van der Waals surface area (Å²) in [6.07, 6.45) is 0.757. The summed E-state index contributed by atoms with van der Waals surface area (Å²) in [4.78, 5) is 8.64. The van der Waals surface area contributed by atoms with Crippen LogP contribution in [0.3, 0.4) is 0 Å². The summed E-state index contributed by atoms with van der Waals surface area (Å²) in [6, 6.07) is 7.65. The van der Waals surface area contributed by atoms with E-state index in [1.807, 2.05) is 45.0 Å². The Balaban J connectivity index is 2.28. The Hall–Kier alpha value is -2.63. The normalized spacial score (nSPS) is 11.3. The number of methoxy groups -OCH3 is 2. The van der Waals surface area contributed by atoms with Gasteiger partial charge < -0.3 is 9.47 Å². The number of aryl methyl sites for hydroxylation is 2. The summed E-state index contributed by atoms with van der Waals surface area (Å²) in [6.45, 7) is 5.90. The number of ether oxygens (including phenoxy) is 2. The van der Waals surface area contributed by atoms with Crippen LogP contribution in [0.15, 0.2) is 29.4 Å². The molecule has 0 radical (unpaired) electrons. The Morgan fingerprint density at radius 3 is 2.26 bits per heavy atom. The molecule has 23 heavy (non-hydrogen) atoms. The molecule has 0 aliphatic carbocycles. The molecule has 0 bridgehead atoms. The van der Waals surface area contributed by atoms with Crippen molar-refractivity contribution in [2.75, 3.05) is 19.6 Å². The lowest BCUT2D eigenvalue weighted by Crippen LogP contribution is -2.06. The molecule has 0 saturated carbocycles. The Labute approximate surface area is 136 Å². The number of rotatable bonds is 6. The molecule has 0 fully saturated rings. The number of aromatic nitrogens is 2. The van der Waals surface area contributed by atoms with Crippen molar-refractivity contribution in [1.82, 2.24) is 9.97 Å². The van der Waals surface area contributed by atoms with Gasteiger partial charge in [0, 0.05) is 17.0 Å². The van der Waals surface area contributed by atoms with Gasteiger partial charge in [-0.15, -0.1) is 0 Å². The van der Waals surface area contributed by atoms with Gasteiger partial charge in [0.15, 0.2) is 11.5 Å². The Kier molecular flexibility index (Phi) is 5.51. The van der Waals surface area contributed by atoms with Gasteiger partial charge in [-0.05, 0) is 44.5 Å². The van der Waals surface area contributed by atoms with Crippen molar-refractivity contribution in [3.05, 3.63) is 41.2 Å². The van der Waals surface area contributed by atoms with E-state index in [1.165, 1.54) is 0 Å². The summed E-state index contributed by atoms with van der Waals surface area (Å²) in [5.41, 5.74) is 6.58. The maximum atomic E-state index is 5.34. The van der Waals surface area contributed by atoms with Gasteiger partial charge >= 0.3 is 0 Å². The molecule has 0 unspecified atom stereocenters. The number of nitrogens with one attached hydrogen (secondary N) is 1. The third kappa shape index (κ3) is 4.18. The molecule has 2 rings (SSSR count). The van der Waals surface area contributed by atoms with E-state index in [4.69, 9.17) is 9.47 Å². The van der Waals surface area contributed by atoms with Crippen LogP contribution in [0.4, 0.5) is 5.95 Å². The largest absolute Gasteiger partial charge is 0.493 e. The number of anilines is 1. The molecule has 0 aliphatic heterocycles. The molecule has 0 atom stereocenters. The van der Waals surface area contributed by atoms with E-state index < -0.39 is 0 Å². The van der Waals surface area contributed by atoms with Crippen LogP contribution in [0, 0.1) is 13.8 Å². The third-order valence-corrected chi connectivity index (χ3v) is 3.32. The maximum absolute atomic E-state index is 5.34. The minimum Gasteiger partial charge on any atom is -0.493 e. The van der Waals surface area contributed by atoms with Crippen LogP contribution < -0.4 is 14.9 Å². The van der Waals surface area contributed by atoms with Crippen molar-refractivity contribution in [3.63, 3.8) is 0 Å². The molecule has 1 N–H and O–H groups in total. The van der Waals surface area contributed by atoms with E-state index >= 15 is 0 Å². The lowest BCUT2D eigenvalue weighted by Gasteiger charge is -2.11. The first-order chi connectivity index (χ1) is 11.1. The fraction of sp³-hybridized carbons (Fsp3) is 0.353. The SMILES string of the molecule is CC/C(=N\Nc1nc(C)cc(C)n1)c1ccc(OC)c(OC)c1. The van der Waals surface area contributed by atoms with Crippen molar-refractivity contribution in [2.45, 2.75) is 27.2 Å². The second-order valence-corrected chi connectivity index (χ2v) is 5.07. The number of hydrogen-bond donors (Lipinski definition) is 1. The second kappa shape index (κ2) is 7.58. The zero-order valence-corrected chi connectivity index (χ0v) is 14.2. The predicted molar refractivity (Wildman–Crippen MR) is 91.5 cm³/mol. The lowest BCUT2D eigenvalue weighted by molar-refractivity contribution is 0.355. The molecule has 6 nitrogen and oxygen atoms in total. The lowest BCUT2D eigenvalue weighted by atomic mass is 10.1. The highest BCUT2D eigenvalue weighted by molar-refractivity contribution is 6.01. The van der Waals surface area contributed by atoms with Crippen molar-refractivity contribution in [3.8, 4) is 11.5 Å². The number of benzene rings is 1. The van der Waals surface area contributed by atoms with Crippen LogP contribution in [0.1, 0.15) is 30.3 Å². The van der Waals surface area contributed by atoms with E-state index in [9.17, 15) is 0 Å². The minimum atomic E-state index is 0.494. The molecular formula is C17H22N4O2. The summed E-state index contributed by atoms with van der Waals surface area (Å²) < 4.78 is 10.6. The average molecular weight is 314 g/mol. The maximum Gasteiger partial charge on any atom is 0.243 e. The van der Waals surface area contributed by atoms with Gasteiger partial charge in [0.1, 0.15) is 0 Å². The van der Waals surface area contributed by atoms with Crippen molar-refractivity contribution < 1.29 is 9.47 Å². The van der Waals surface area contributed by atoms with Crippen LogP contribution in [0.25, 0.3) is 0 Å². The van der Waals surface area contributed by atoms with Crippen LogP contribution in [-0.4, -0.2) is 29.9 Å². The molecule has 6 heteroatoms. The van der Waals surface area contributed by atoms with Crippen molar-refractivity contribution in [2.24, 2.45) is 5.10 Å². The summed E-state index contributed by atoms with van der Waals surface area (Å²) in [5, 5.41) is 4.44. The van der Waals surface area contributed by atoms with Gasteiger partial charge in [-0.2, -0.15) is 5.10 Å². The molecule has 0 amide bonds. The fourth-order valence-electron chi connectivity index (χ4n) is 2.26. The van der Waals surface area contributed by atoms with Gasteiger partial charge in [-0.1, -0.05) is 6.92 Å². The zero-order chi connectivity index (χ0) is 16.8. The van der Waals surface area contributed by atoms with Crippen LogP contribution in [-0.2, 0) is 0 Å². The van der Waals surface area contributed by atoms with Gasteiger partial charge in [0.05, 0.1) is 19.9 Å². The molecule has 0 spiro atoms. The predicted octanol–water partition coefficient (Wildman–Crippen LogP) is 3.34. The second-order valence-electron chi connectivity index (χ2n) is 5.07. The van der Waals surface area contributed by atoms with E-state index in [1.54, 1.807) is 14.2 Å². The standard InChI is InChI=1S/C17H22N4O2/c1-6-14(13-7-8-15(22-4)16(10-13)23-5)20-21-17-18-11(2)9-12(3)19-17/h7-10H,6H2,1-5H3,(H,18,19,21)/b20-14+. The zero-order valence-electron chi connectivity index (χ0n) is 14.2. The van der Waals surface area contributed by atoms with Crippen LogP contribution in [0.5, 0.6) is 11.5 Å². The van der Waals surface area contributed by atoms with Crippen LogP contribution >= 0.6 is 0 Å². The quantitative estimate of drug-likeness (QED) is 0.654. The fourth-order valence-corrected chi connectivity index (χ4v) is 2.26. The Morgan fingerprint density at radius 2 is 1.70 bits per heavy atom. The van der Waals surface area contributed by atoms with Gasteiger partial charge in [0.2, 0.25) is 5.95 Å². The van der Waals surface area contributed by atoms with E-state index in [0.717, 1.165) is 29.1 Å². The summed E-state index contributed by atoms with van der Waals surface area (Å²) in [7, 11) is 3.23. The number of hydrogen-bond acceptors (Lipinski definition) is 6. The molecular weight excluding hydrogens is 292 g/mol. The van der Waals surface area contributed by atoms with Crippen molar-refractivity contribution in [1.29, 1.82) is 0 Å². The Bertz CT molecular complexity index is 693. The summed E-state index contributed by atoms with van der Waals surface area (Å²) in [5.74, 6) is 1.86. The monoisotopic (exact) mass is 314 g/mol. The molecule has 122 valence electrons. The Morgan fingerprint density at radius 1 is 1.04 bits per heavy atom. The first-order valence-electron chi connectivity index (χ1n) is 7.44. The van der Waals surface area contributed by atoms with Crippen molar-refractivity contribution >= 4 is 11.7 Å². The first-order valence-corrected chi connectivity index (χ1v) is 7.44. The molecule has 2 aromatic rings. The molecule has 1 heterocycles. The molecule has 1 aromatic heterocycles. The topological polar surface area (TPSA) is 68.6 Å². The van der Waals surface area contributed by atoms with E-state index in [0.29, 0.717) is 17.4 Å². The highest BCUT2D eigenvalue weighted by Crippen LogP contribution is 2.28. The van der Waals surface area contributed by atoms with Gasteiger partial charge in [0.25, 0.3) is 0 Å². The van der Waals surface area contributed by atoms with E-state index in [2.05, 4.69) is 20.5 Å². The average Bonchev–Trinajstić information content (AvgIpc) is 2.54. The molecule has 0 aliphatic rings. The van der Waals surface area contributed by atoms with Gasteiger partial charge in [-0.3, -0.25) is 0 Å². The highest BCUT2D eigenvalue weighted by atomic mass is 16.5. The van der Waals surface area contributed by atoms with Crippen LogP contribution in [0.2, 0.25) is 0 Å².